The molecule has 0 aliphatic heterocycles. The van der Waals surface area contributed by atoms with Crippen molar-refractivity contribution >= 4 is 17.0 Å². The van der Waals surface area contributed by atoms with Gasteiger partial charge in [0.15, 0.2) is 0 Å². The molecule has 0 saturated heterocycles. The van der Waals surface area contributed by atoms with Gasteiger partial charge in [0, 0.05) is 11.3 Å². The van der Waals surface area contributed by atoms with Gasteiger partial charge in [-0.05, 0) is 53.9 Å². The van der Waals surface area contributed by atoms with Gasteiger partial charge in [0.2, 0.25) is 11.7 Å². The lowest BCUT2D eigenvalue weighted by Gasteiger charge is -2.18. The molecule has 0 aliphatic carbocycles. The fraction of sp³-hybridized carbons (Fsp3) is 0.148. The van der Waals surface area contributed by atoms with Crippen LogP contribution in [0.1, 0.15) is 27.3 Å². The summed E-state index contributed by atoms with van der Waals surface area (Å²) in [5.74, 6) is -3.29. The molecule has 202 valence electrons. The zero-order chi connectivity index (χ0) is 28.3. The summed E-state index contributed by atoms with van der Waals surface area (Å²) in [5.41, 5.74) is 1.38. The van der Waals surface area contributed by atoms with Gasteiger partial charge in [-0.2, -0.15) is 18.2 Å². The van der Waals surface area contributed by atoms with Crippen LogP contribution in [-0.2, 0) is 27.7 Å². The molecule has 4 aromatic rings. The summed E-state index contributed by atoms with van der Waals surface area (Å²) in [5, 5.41) is 0. The zero-order valence-electron chi connectivity index (χ0n) is 20.4. The van der Waals surface area contributed by atoms with Crippen molar-refractivity contribution in [2.24, 2.45) is 0 Å². The number of methoxy groups -OCH3 is 1. The lowest BCUT2D eigenvalue weighted by molar-refractivity contribution is -0.145. The van der Waals surface area contributed by atoms with E-state index < -0.39 is 40.7 Å². The van der Waals surface area contributed by atoms with Gasteiger partial charge in [-0.25, -0.2) is 14.2 Å². The van der Waals surface area contributed by atoms with Crippen molar-refractivity contribution in [1.82, 2.24) is 9.97 Å². The summed E-state index contributed by atoms with van der Waals surface area (Å²) in [6.45, 7) is 1.59. The normalized spacial score (nSPS) is 12.2. The van der Waals surface area contributed by atoms with E-state index in [0.717, 1.165) is 12.1 Å². The maximum absolute atomic E-state index is 13.9. The second-order valence-electron chi connectivity index (χ2n) is 8.30. The zero-order valence-corrected chi connectivity index (χ0v) is 21.2. The highest BCUT2D eigenvalue weighted by Crippen LogP contribution is 2.42. The van der Waals surface area contributed by atoms with Crippen molar-refractivity contribution in [3.63, 3.8) is 0 Å². The van der Waals surface area contributed by atoms with E-state index in [1.54, 1.807) is 6.92 Å². The van der Waals surface area contributed by atoms with E-state index in [2.05, 4.69) is 9.97 Å². The number of benzene rings is 3. The second-order valence-corrected chi connectivity index (χ2v) is 9.20. The minimum atomic E-state index is -4.95. The number of esters is 1. The van der Waals surface area contributed by atoms with Crippen LogP contribution in [0.15, 0.2) is 66.7 Å². The highest BCUT2D eigenvalue weighted by molar-refractivity contribution is 7.78. The number of carbonyl (C=O) groups excluding carboxylic acids is 1. The van der Waals surface area contributed by atoms with E-state index in [1.807, 2.05) is 0 Å². The first-order chi connectivity index (χ1) is 18.5. The molecule has 0 bridgehead atoms. The van der Waals surface area contributed by atoms with Crippen molar-refractivity contribution in [3.8, 4) is 34.0 Å². The minimum absolute atomic E-state index is 0.0413. The summed E-state index contributed by atoms with van der Waals surface area (Å²) in [6.07, 6.45) is -4.95. The van der Waals surface area contributed by atoms with Crippen molar-refractivity contribution in [3.05, 3.63) is 95.1 Å². The first-order valence-electron chi connectivity index (χ1n) is 11.2. The standard InChI is InChI=1S/C27H20F4N2O5S/c1-15-13-19(25(34)37-2)9-12-21(15)38-24-22(17-7-10-20(28)11-8-17)23(32-26(33-24)27(29,30)31)18-5-3-16(4-6-18)14-39(35)36/h3-13H,14H2,1-2H3,(H,35,36)/p-1. The number of aromatic nitrogens is 2. The summed E-state index contributed by atoms with van der Waals surface area (Å²) < 4.78 is 88.1. The molecule has 0 N–H and O–H groups in total. The molecule has 12 heteroatoms. The van der Waals surface area contributed by atoms with Crippen LogP contribution < -0.4 is 4.74 Å². The molecule has 1 unspecified atom stereocenters. The number of carbonyl (C=O) groups is 1. The number of halogens is 4. The Morgan fingerprint density at radius 2 is 1.62 bits per heavy atom. The van der Waals surface area contributed by atoms with Crippen LogP contribution in [-0.4, -0.2) is 31.8 Å². The number of nitrogens with zero attached hydrogens (tertiary/aromatic N) is 2. The molecule has 0 radical (unpaired) electrons. The lowest BCUT2D eigenvalue weighted by atomic mass is 9.99. The van der Waals surface area contributed by atoms with Gasteiger partial charge in [0.1, 0.15) is 11.6 Å². The Kier molecular flexibility index (Phi) is 8.07. The lowest BCUT2D eigenvalue weighted by Crippen LogP contribution is -2.13. The van der Waals surface area contributed by atoms with Crippen LogP contribution in [0.4, 0.5) is 17.6 Å². The Hall–Kier alpha value is -4.16. The number of rotatable bonds is 7. The van der Waals surface area contributed by atoms with Crippen molar-refractivity contribution in [2.75, 3.05) is 7.11 Å². The SMILES string of the molecule is COC(=O)c1ccc(Oc2nc(C(F)(F)F)nc(-c3ccc(CS(=O)[O-])cc3)c2-c2ccc(F)cc2)c(C)c1. The minimum Gasteiger partial charge on any atom is -0.772 e. The molecule has 4 rings (SSSR count). The Bertz CT molecular complexity index is 1540. The Morgan fingerprint density at radius 3 is 2.18 bits per heavy atom. The highest BCUT2D eigenvalue weighted by atomic mass is 32.2. The van der Waals surface area contributed by atoms with Gasteiger partial charge in [-0.3, -0.25) is 4.21 Å². The number of aryl methyl sites for hydroxylation is 1. The summed E-state index contributed by atoms with van der Waals surface area (Å²) in [4.78, 5) is 19.3. The van der Waals surface area contributed by atoms with Crippen LogP contribution in [0.3, 0.4) is 0 Å². The van der Waals surface area contributed by atoms with Gasteiger partial charge in [-0.15, -0.1) is 0 Å². The number of alkyl halides is 3. The third kappa shape index (κ3) is 6.47. The maximum Gasteiger partial charge on any atom is 0.451 e. The van der Waals surface area contributed by atoms with Gasteiger partial charge >= 0.3 is 12.1 Å². The van der Waals surface area contributed by atoms with Crippen molar-refractivity contribution in [1.29, 1.82) is 0 Å². The van der Waals surface area contributed by atoms with E-state index in [0.29, 0.717) is 11.1 Å². The van der Waals surface area contributed by atoms with Crippen molar-refractivity contribution < 1.29 is 40.6 Å². The third-order valence-electron chi connectivity index (χ3n) is 5.58. The molecule has 0 saturated carbocycles. The molecule has 0 amide bonds. The highest BCUT2D eigenvalue weighted by Gasteiger charge is 2.37. The molecule has 0 spiro atoms. The average Bonchev–Trinajstić information content (AvgIpc) is 2.89. The van der Waals surface area contributed by atoms with E-state index >= 15 is 0 Å². The van der Waals surface area contributed by atoms with E-state index in [-0.39, 0.29) is 39.5 Å². The molecule has 1 aromatic heterocycles. The quantitative estimate of drug-likeness (QED) is 0.150. The van der Waals surface area contributed by atoms with Crippen LogP contribution >= 0.6 is 0 Å². The van der Waals surface area contributed by atoms with Crippen LogP contribution in [0.25, 0.3) is 22.4 Å². The van der Waals surface area contributed by atoms with E-state index in [9.17, 15) is 31.1 Å². The monoisotopic (exact) mass is 559 g/mol. The molecule has 1 atom stereocenters. The summed E-state index contributed by atoms with van der Waals surface area (Å²) >= 11 is -2.36. The van der Waals surface area contributed by atoms with Gasteiger partial charge in [0.05, 0.1) is 23.9 Å². The predicted octanol–water partition coefficient (Wildman–Crippen LogP) is 6.23. The first-order valence-corrected chi connectivity index (χ1v) is 12.5. The number of hydrogen-bond donors (Lipinski definition) is 0. The number of ether oxygens (including phenoxy) is 2. The van der Waals surface area contributed by atoms with E-state index in [4.69, 9.17) is 9.47 Å². The first kappa shape index (κ1) is 27.9. The van der Waals surface area contributed by atoms with Crippen LogP contribution in [0.2, 0.25) is 0 Å². The van der Waals surface area contributed by atoms with Gasteiger partial charge in [-0.1, -0.05) is 47.5 Å². The molecule has 1 heterocycles. The molecule has 0 aliphatic rings. The Balaban J connectivity index is 1.94. The fourth-order valence-corrected chi connectivity index (χ4v) is 4.20. The summed E-state index contributed by atoms with van der Waals surface area (Å²) in [7, 11) is 1.21. The molecule has 3 aromatic carbocycles. The molecular weight excluding hydrogens is 540 g/mol. The Labute approximate surface area is 222 Å². The van der Waals surface area contributed by atoms with E-state index in [1.165, 1.54) is 61.7 Å². The molecule has 39 heavy (non-hydrogen) atoms. The number of hydrogen-bond acceptors (Lipinski definition) is 7. The smallest absolute Gasteiger partial charge is 0.451 e. The largest absolute Gasteiger partial charge is 0.772 e. The van der Waals surface area contributed by atoms with Crippen molar-refractivity contribution in [2.45, 2.75) is 18.9 Å². The topological polar surface area (TPSA) is 101 Å². The van der Waals surface area contributed by atoms with Gasteiger partial charge in [0.25, 0.3) is 0 Å². The average molecular weight is 560 g/mol. The fourth-order valence-electron chi connectivity index (χ4n) is 3.73. The maximum atomic E-state index is 13.9. The van der Waals surface area contributed by atoms with Crippen LogP contribution in [0.5, 0.6) is 11.6 Å². The molecule has 0 fully saturated rings. The second kappa shape index (κ2) is 11.3. The summed E-state index contributed by atoms with van der Waals surface area (Å²) in [6, 6.07) is 14.9. The molecular formula is C27H19F4N2O5S-. The van der Waals surface area contributed by atoms with Crippen LogP contribution in [0, 0.1) is 12.7 Å². The molecule has 7 nitrogen and oxygen atoms in total. The third-order valence-corrected chi connectivity index (χ3v) is 6.15. The predicted molar refractivity (Wildman–Crippen MR) is 133 cm³/mol. The Morgan fingerprint density at radius 1 is 0.974 bits per heavy atom. The van der Waals surface area contributed by atoms with Gasteiger partial charge < -0.3 is 14.0 Å².